The molecular formula is C19H20N2O5. The summed E-state index contributed by atoms with van der Waals surface area (Å²) in [5.74, 6) is -0.236. The zero-order chi connectivity index (χ0) is 18.4. The predicted molar refractivity (Wildman–Crippen MR) is 95.6 cm³/mol. The number of carbonyl (C=O) groups is 2. The van der Waals surface area contributed by atoms with Crippen molar-refractivity contribution in [3.63, 3.8) is 0 Å². The molecule has 2 aromatic rings. The van der Waals surface area contributed by atoms with Gasteiger partial charge < -0.3 is 25.2 Å². The number of carbonyl (C=O) groups excluding carboxylic acids is 1. The van der Waals surface area contributed by atoms with Crippen LogP contribution in [0.4, 0.5) is 10.5 Å². The van der Waals surface area contributed by atoms with Crippen molar-refractivity contribution in [3.8, 4) is 5.75 Å². The van der Waals surface area contributed by atoms with Crippen molar-refractivity contribution < 1.29 is 24.2 Å². The first-order valence-corrected chi connectivity index (χ1v) is 8.32. The van der Waals surface area contributed by atoms with Gasteiger partial charge >= 0.3 is 12.0 Å². The van der Waals surface area contributed by atoms with Crippen molar-refractivity contribution in [2.45, 2.75) is 19.1 Å². The Balaban J connectivity index is 1.45. The molecule has 1 aliphatic heterocycles. The van der Waals surface area contributed by atoms with E-state index in [1.165, 1.54) is 12.1 Å². The highest BCUT2D eigenvalue weighted by molar-refractivity contribution is 5.89. The van der Waals surface area contributed by atoms with Gasteiger partial charge in [-0.3, -0.25) is 0 Å². The van der Waals surface area contributed by atoms with E-state index in [9.17, 15) is 9.59 Å². The number of anilines is 1. The number of aromatic carboxylic acids is 1. The van der Waals surface area contributed by atoms with Crippen LogP contribution in [0, 0.1) is 0 Å². The van der Waals surface area contributed by atoms with E-state index < -0.39 is 5.97 Å². The van der Waals surface area contributed by atoms with E-state index in [4.69, 9.17) is 14.6 Å². The number of ether oxygens (including phenoxy) is 2. The molecule has 2 amide bonds. The van der Waals surface area contributed by atoms with Crippen LogP contribution in [0.2, 0.25) is 0 Å². The van der Waals surface area contributed by atoms with Crippen LogP contribution >= 0.6 is 0 Å². The smallest absolute Gasteiger partial charge is 0.335 e. The third kappa shape index (κ3) is 4.97. The Kier molecular flexibility index (Phi) is 5.70. The Morgan fingerprint density at radius 2 is 1.85 bits per heavy atom. The van der Waals surface area contributed by atoms with Crippen LogP contribution in [0.25, 0.3) is 0 Å². The maximum absolute atomic E-state index is 12.0. The average Bonchev–Trinajstić information content (AvgIpc) is 3.15. The van der Waals surface area contributed by atoms with Gasteiger partial charge in [-0.25, -0.2) is 9.59 Å². The Hall–Kier alpha value is -3.06. The van der Waals surface area contributed by atoms with Gasteiger partial charge in [-0.05, 0) is 42.0 Å². The Bertz CT molecular complexity index is 753. The van der Waals surface area contributed by atoms with E-state index in [1.54, 1.807) is 36.4 Å². The standard InChI is InChI=1S/C19H20N2O5/c22-18(23)14-3-1-13(2-4-14)11-20-19(24)21-15-5-7-16(8-6-15)26-17-9-10-25-12-17/h1-8,17H,9-12H2,(H,22,23)(H2,20,21,24). The SMILES string of the molecule is O=C(NCc1ccc(C(=O)O)cc1)Nc1ccc(OC2CCOC2)cc1. The Morgan fingerprint density at radius 3 is 2.46 bits per heavy atom. The summed E-state index contributed by atoms with van der Waals surface area (Å²) in [4.78, 5) is 22.8. The van der Waals surface area contributed by atoms with Gasteiger partial charge in [-0.2, -0.15) is 0 Å². The van der Waals surface area contributed by atoms with Crippen molar-refractivity contribution in [2.75, 3.05) is 18.5 Å². The summed E-state index contributed by atoms with van der Waals surface area (Å²) in [6.07, 6.45) is 0.972. The molecule has 7 heteroatoms. The number of carboxylic acid groups (broad SMARTS) is 1. The lowest BCUT2D eigenvalue weighted by Crippen LogP contribution is -2.28. The number of carboxylic acids is 1. The van der Waals surface area contributed by atoms with Gasteiger partial charge in [0.2, 0.25) is 0 Å². The summed E-state index contributed by atoms with van der Waals surface area (Å²) in [6, 6.07) is 13.2. The van der Waals surface area contributed by atoms with E-state index in [-0.39, 0.29) is 17.7 Å². The molecule has 1 heterocycles. The van der Waals surface area contributed by atoms with Gasteiger partial charge in [-0.1, -0.05) is 12.1 Å². The number of nitrogens with one attached hydrogen (secondary N) is 2. The van der Waals surface area contributed by atoms with Crippen LogP contribution in [0.1, 0.15) is 22.3 Å². The predicted octanol–water partition coefficient (Wildman–Crippen LogP) is 2.87. The van der Waals surface area contributed by atoms with Gasteiger partial charge in [0.25, 0.3) is 0 Å². The summed E-state index contributed by atoms with van der Waals surface area (Å²) < 4.78 is 11.0. The van der Waals surface area contributed by atoms with E-state index in [0.29, 0.717) is 18.8 Å². The third-order valence-electron chi connectivity index (χ3n) is 3.96. The number of amides is 2. The molecule has 136 valence electrons. The first kappa shape index (κ1) is 17.8. The molecule has 0 bridgehead atoms. The molecule has 0 aromatic heterocycles. The maximum atomic E-state index is 12.0. The van der Waals surface area contributed by atoms with Crippen LogP contribution in [-0.4, -0.2) is 36.4 Å². The molecule has 3 N–H and O–H groups in total. The highest BCUT2D eigenvalue weighted by Gasteiger charge is 2.17. The first-order chi connectivity index (χ1) is 12.6. The van der Waals surface area contributed by atoms with Crippen molar-refractivity contribution in [1.29, 1.82) is 0 Å². The maximum Gasteiger partial charge on any atom is 0.335 e. The van der Waals surface area contributed by atoms with Crippen LogP contribution in [-0.2, 0) is 11.3 Å². The van der Waals surface area contributed by atoms with Crippen LogP contribution < -0.4 is 15.4 Å². The lowest BCUT2D eigenvalue weighted by molar-refractivity contribution is 0.0697. The van der Waals surface area contributed by atoms with Gasteiger partial charge in [0.1, 0.15) is 11.9 Å². The molecule has 0 spiro atoms. The van der Waals surface area contributed by atoms with E-state index in [1.807, 2.05) is 0 Å². The summed E-state index contributed by atoms with van der Waals surface area (Å²) in [5, 5.41) is 14.3. The van der Waals surface area contributed by atoms with Crippen LogP contribution in [0.3, 0.4) is 0 Å². The fourth-order valence-corrected chi connectivity index (χ4v) is 2.54. The molecule has 26 heavy (non-hydrogen) atoms. The van der Waals surface area contributed by atoms with Crippen molar-refractivity contribution in [2.24, 2.45) is 0 Å². The molecule has 3 rings (SSSR count). The normalized spacial score (nSPS) is 16.1. The average molecular weight is 356 g/mol. The largest absolute Gasteiger partial charge is 0.488 e. The van der Waals surface area contributed by atoms with Gasteiger partial charge in [0.05, 0.1) is 18.8 Å². The van der Waals surface area contributed by atoms with E-state index in [2.05, 4.69) is 10.6 Å². The van der Waals surface area contributed by atoms with Crippen molar-refractivity contribution >= 4 is 17.7 Å². The number of benzene rings is 2. The van der Waals surface area contributed by atoms with Gasteiger partial charge in [0, 0.05) is 18.7 Å². The zero-order valence-electron chi connectivity index (χ0n) is 14.1. The lowest BCUT2D eigenvalue weighted by Gasteiger charge is -2.12. The fraction of sp³-hybridized carbons (Fsp3) is 0.263. The minimum Gasteiger partial charge on any atom is -0.488 e. The summed E-state index contributed by atoms with van der Waals surface area (Å²) in [7, 11) is 0. The molecule has 7 nitrogen and oxygen atoms in total. The second-order valence-corrected chi connectivity index (χ2v) is 5.94. The number of hydrogen-bond acceptors (Lipinski definition) is 4. The lowest BCUT2D eigenvalue weighted by atomic mass is 10.1. The third-order valence-corrected chi connectivity index (χ3v) is 3.96. The number of rotatable bonds is 6. The highest BCUT2D eigenvalue weighted by Crippen LogP contribution is 2.19. The van der Waals surface area contributed by atoms with Gasteiger partial charge in [0.15, 0.2) is 0 Å². The minimum atomic E-state index is -0.977. The molecule has 1 aliphatic rings. The molecule has 1 fully saturated rings. The van der Waals surface area contributed by atoms with E-state index in [0.717, 1.165) is 24.3 Å². The van der Waals surface area contributed by atoms with Crippen molar-refractivity contribution in [1.82, 2.24) is 5.32 Å². The summed E-state index contributed by atoms with van der Waals surface area (Å²) in [5.41, 5.74) is 1.68. The summed E-state index contributed by atoms with van der Waals surface area (Å²) >= 11 is 0. The summed E-state index contributed by atoms with van der Waals surface area (Å²) in [6.45, 7) is 1.63. The molecule has 0 saturated carbocycles. The van der Waals surface area contributed by atoms with Gasteiger partial charge in [-0.15, -0.1) is 0 Å². The highest BCUT2D eigenvalue weighted by atomic mass is 16.5. The Labute approximate surface area is 150 Å². The Morgan fingerprint density at radius 1 is 1.12 bits per heavy atom. The number of urea groups is 1. The minimum absolute atomic E-state index is 0.0876. The second kappa shape index (κ2) is 8.35. The fourth-order valence-electron chi connectivity index (χ4n) is 2.54. The molecular weight excluding hydrogens is 336 g/mol. The quantitative estimate of drug-likeness (QED) is 0.739. The molecule has 0 aliphatic carbocycles. The van der Waals surface area contributed by atoms with E-state index >= 15 is 0 Å². The number of hydrogen-bond donors (Lipinski definition) is 3. The molecule has 1 atom stereocenters. The zero-order valence-corrected chi connectivity index (χ0v) is 14.1. The topological polar surface area (TPSA) is 96.9 Å². The monoisotopic (exact) mass is 356 g/mol. The van der Waals surface area contributed by atoms with Crippen LogP contribution in [0.15, 0.2) is 48.5 Å². The van der Waals surface area contributed by atoms with Crippen molar-refractivity contribution in [3.05, 3.63) is 59.7 Å². The second-order valence-electron chi connectivity index (χ2n) is 5.94. The molecule has 0 radical (unpaired) electrons. The molecule has 1 saturated heterocycles. The molecule has 1 unspecified atom stereocenters. The molecule has 2 aromatic carbocycles. The van der Waals surface area contributed by atoms with Crippen LogP contribution in [0.5, 0.6) is 5.75 Å². The first-order valence-electron chi connectivity index (χ1n) is 8.32.